The van der Waals surface area contributed by atoms with Crippen LogP contribution in [0.15, 0.2) is 11.6 Å². The second kappa shape index (κ2) is 7.00. The van der Waals surface area contributed by atoms with Gasteiger partial charge in [-0.1, -0.05) is 6.08 Å². The van der Waals surface area contributed by atoms with E-state index >= 15 is 0 Å². The lowest BCUT2D eigenvalue weighted by atomic mass is 9.93. The van der Waals surface area contributed by atoms with E-state index in [2.05, 4.69) is 4.74 Å². The monoisotopic (exact) mass is 198 g/mol. The highest BCUT2D eigenvalue weighted by atomic mass is 16.5. The van der Waals surface area contributed by atoms with Crippen molar-refractivity contribution in [1.29, 1.82) is 0 Å². The Balaban J connectivity index is 4.49. The van der Waals surface area contributed by atoms with Crippen LogP contribution in [-0.4, -0.2) is 25.7 Å². The summed E-state index contributed by atoms with van der Waals surface area (Å²) < 4.78 is 4.47. The summed E-state index contributed by atoms with van der Waals surface area (Å²) in [6.07, 6.45) is 3.18. The average Bonchev–Trinajstić information content (AvgIpc) is 2.19. The van der Waals surface area contributed by atoms with Crippen LogP contribution >= 0.6 is 0 Å². The van der Waals surface area contributed by atoms with E-state index in [0.717, 1.165) is 0 Å². The second-order valence-corrected chi connectivity index (χ2v) is 2.79. The van der Waals surface area contributed by atoms with Crippen LogP contribution in [0.25, 0.3) is 0 Å². The van der Waals surface area contributed by atoms with Gasteiger partial charge in [0, 0.05) is 12.3 Å². The van der Waals surface area contributed by atoms with Crippen LogP contribution in [0.1, 0.15) is 19.8 Å². The minimum Gasteiger partial charge on any atom is -0.469 e. The number of ether oxygens (including phenoxy) is 1. The van der Waals surface area contributed by atoms with E-state index in [9.17, 15) is 14.4 Å². The number of rotatable bonds is 6. The molecular formula is C10H14O4. The zero-order valence-corrected chi connectivity index (χ0v) is 8.36. The van der Waals surface area contributed by atoms with Crippen molar-refractivity contribution in [3.05, 3.63) is 11.6 Å². The second-order valence-electron chi connectivity index (χ2n) is 2.79. The zero-order chi connectivity index (χ0) is 11.0. The van der Waals surface area contributed by atoms with Crippen molar-refractivity contribution in [2.45, 2.75) is 19.8 Å². The maximum absolute atomic E-state index is 11.0. The summed E-state index contributed by atoms with van der Waals surface area (Å²) in [4.78, 5) is 31.9. The normalized spacial score (nSPS) is 13.1. The third kappa shape index (κ3) is 3.98. The fourth-order valence-corrected chi connectivity index (χ4v) is 1.14. The fourth-order valence-electron chi connectivity index (χ4n) is 1.14. The topological polar surface area (TPSA) is 60.4 Å². The minimum absolute atomic E-state index is 0.0631. The molecule has 4 heteroatoms. The van der Waals surface area contributed by atoms with Gasteiger partial charge in [-0.2, -0.15) is 0 Å². The SMILES string of the molecule is C/C=C(\C=O)C(CC=O)CC(=O)OC. The van der Waals surface area contributed by atoms with Crippen molar-refractivity contribution < 1.29 is 19.1 Å². The summed E-state index contributed by atoms with van der Waals surface area (Å²) in [6, 6.07) is 0. The smallest absolute Gasteiger partial charge is 0.306 e. The van der Waals surface area contributed by atoms with Gasteiger partial charge >= 0.3 is 5.97 Å². The van der Waals surface area contributed by atoms with Crippen LogP contribution in [0.4, 0.5) is 0 Å². The van der Waals surface area contributed by atoms with Crippen molar-refractivity contribution in [2.24, 2.45) is 5.92 Å². The van der Waals surface area contributed by atoms with Crippen molar-refractivity contribution in [3.63, 3.8) is 0 Å². The Labute approximate surface area is 82.9 Å². The molecule has 0 N–H and O–H groups in total. The molecule has 0 rings (SSSR count). The molecule has 0 saturated carbocycles. The first kappa shape index (κ1) is 12.6. The summed E-state index contributed by atoms with van der Waals surface area (Å²) in [6.45, 7) is 1.69. The molecule has 0 fully saturated rings. The number of esters is 1. The van der Waals surface area contributed by atoms with Gasteiger partial charge in [0.05, 0.1) is 13.5 Å². The molecule has 0 radical (unpaired) electrons. The van der Waals surface area contributed by atoms with Crippen LogP contribution in [-0.2, 0) is 19.1 Å². The van der Waals surface area contributed by atoms with E-state index in [1.165, 1.54) is 7.11 Å². The van der Waals surface area contributed by atoms with E-state index in [0.29, 0.717) is 18.1 Å². The van der Waals surface area contributed by atoms with Gasteiger partial charge in [-0.05, 0) is 12.5 Å². The van der Waals surface area contributed by atoms with Gasteiger partial charge in [-0.15, -0.1) is 0 Å². The summed E-state index contributed by atoms with van der Waals surface area (Å²) in [7, 11) is 1.27. The number of hydrogen-bond donors (Lipinski definition) is 0. The van der Waals surface area contributed by atoms with Crippen LogP contribution in [0.2, 0.25) is 0 Å². The Morgan fingerprint density at radius 1 is 1.43 bits per heavy atom. The third-order valence-corrected chi connectivity index (χ3v) is 1.96. The predicted molar refractivity (Wildman–Crippen MR) is 50.6 cm³/mol. The molecule has 0 heterocycles. The Morgan fingerprint density at radius 2 is 2.07 bits per heavy atom. The molecule has 1 unspecified atom stereocenters. The minimum atomic E-state index is -0.418. The predicted octanol–water partition coefficient (Wildman–Crippen LogP) is 0.900. The van der Waals surface area contributed by atoms with Crippen LogP contribution in [0, 0.1) is 5.92 Å². The molecule has 0 aromatic rings. The number of aldehydes is 2. The Morgan fingerprint density at radius 3 is 2.43 bits per heavy atom. The molecular weight excluding hydrogens is 184 g/mol. The number of hydrogen-bond acceptors (Lipinski definition) is 4. The maximum Gasteiger partial charge on any atom is 0.306 e. The van der Waals surface area contributed by atoms with Crippen molar-refractivity contribution >= 4 is 18.5 Å². The number of allylic oxidation sites excluding steroid dienone is 2. The quantitative estimate of drug-likeness (QED) is 0.361. The third-order valence-electron chi connectivity index (χ3n) is 1.96. The molecule has 4 nitrogen and oxygen atoms in total. The highest BCUT2D eigenvalue weighted by Crippen LogP contribution is 2.17. The van der Waals surface area contributed by atoms with Crippen molar-refractivity contribution in [2.75, 3.05) is 7.11 Å². The van der Waals surface area contributed by atoms with Gasteiger partial charge in [0.15, 0.2) is 0 Å². The molecule has 0 saturated heterocycles. The average molecular weight is 198 g/mol. The summed E-state index contributed by atoms with van der Waals surface area (Å²) >= 11 is 0. The first-order valence-electron chi connectivity index (χ1n) is 4.31. The molecule has 1 atom stereocenters. The summed E-state index contributed by atoms with van der Waals surface area (Å²) in [5, 5.41) is 0. The molecule has 0 bridgehead atoms. The first-order valence-corrected chi connectivity index (χ1v) is 4.31. The Hall–Kier alpha value is -1.45. The lowest BCUT2D eigenvalue weighted by Gasteiger charge is -2.11. The van der Waals surface area contributed by atoms with Crippen LogP contribution in [0.3, 0.4) is 0 Å². The largest absolute Gasteiger partial charge is 0.469 e. The number of carbonyl (C=O) groups excluding carboxylic acids is 3. The highest BCUT2D eigenvalue weighted by molar-refractivity contribution is 5.78. The Bertz CT molecular complexity index is 243. The highest BCUT2D eigenvalue weighted by Gasteiger charge is 2.17. The van der Waals surface area contributed by atoms with Crippen molar-refractivity contribution in [1.82, 2.24) is 0 Å². The molecule has 14 heavy (non-hydrogen) atoms. The molecule has 0 aliphatic heterocycles. The van der Waals surface area contributed by atoms with E-state index in [1.54, 1.807) is 13.0 Å². The van der Waals surface area contributed by atoms with E-state index in [4.69, 9.17) is 0 Å². The fraction of sp³-hybridized carbons (Fsp3) is 0.500. The molecule has 0 aromatic carbocycles. The van der Waals surface area contributed by atoms with E-state index in [-0.39, 0.29) is 18.8 Å². The van der Waals surface area contributed by atoms with E-state index in [1.807, 2.05) is 0 Å². The van der Waals surface area contributed by atoms with E-state index < -0.39 is 5.97 Å². The molecule has 0 amide bonds. The molecule has 78 valence electrons. The molecule has 0 aromatic heterocycles. The number of carbonyl (C=O) groups is 3. The maximum atomic E-state index is 11.0. The molecule has 0 aliphatic rings. The standard InChI is InChI=1S/C10H14O4/c1-3-8(7-12)9(4-5-11)6-10(13)14-2/h3,5,7,9H,4,6H2,1-2H3/b8-3+. The summed E-state index contributed by atoms with van der Waals surface area (Å²) in [5.74, 6) is -0.777. The van der Waals surface area contributed by atoms with Gasteiger partial charge in [-0.3, -0.25) is 9.59 Å². The van der Waals surface area contributed by atoms with Gasteiger partial charge < -0.3 is 9.53 Å². The number of methoxy groups -OCH3 is 1. The van der Waals surface area contributed by atoms with Gasteiger partial charge in [0.25, 0.3) is 0 Å². The summed E-state index contributed by atoms with van der Waals surface area (Å²) in [5.41, 5.74) is 0.461. The Kier molecular flexibility index (Phi) is 6.28. The molecule has 0 aliphatic carbocycles. The van der Waals surface area contributed by atoms with Gasteiger partial charge in [-0.25, -0.2) is 0 Å². The lowest BCUT2D eigenvalue weighted by Crippen LogP contribution is -2.13. The first-order chi connectivity index (χ1) is 6.69. The van der Waals surface area contributed by atoms with Crippen LogP contribution in [0.5, 0.6) is 0 Å². The van der Waals surface area contributed by atoms with Gasteiger partial charge in [0.2, 0.25) is 0 Å². The lowest BCUT2D eigenvalue weighted by molar-refractivity contribution is -0.141. The van der Waals surface area contributed by atoms with Crippen molar-refractivity contribution in [3.8, 4) is 0 Å². The zero-order valence-electron chi connectivity index (χ0n) is 8.36. The van der Waals surface area contributed by atoms with Crippen LogP contribution < -0.4 is 0 Å². The van der Waals surface area contributed by atoms with Gasteiger partial charge in [0.1, 0.15) is 12.6 Å². The molecule has 0 spiro atoms.